The first-order chi connectivity index (χ1) is 7.76. The number of hydrogen-bond acceptors (Lipinski definition) is 4. The Labute approximate surface area is 92.4 Å². The molecule has 0 aromatic carbocycles. The first kappa shape index (κ1) is 10.5. The van der Waals surface area contributed by atoms with Crippen molar-refractivity contribution in [2.45, 2.75) is 6.92 Å². The summed E-state index contributed by atoms with van der Waals surface area (Å²) in [6.45, 7) is 2.12. The van der Waals surface area contributed by atoms with Gasteiger partial charge in [-0.2, -0.15) is 0 Å². The standard InChI is InChI=1S/C11H12N2O3/c1-3-16-11(14)8-6-7-4-5-12-10(15-2)9(7)13-8/h4-6,13H,3H2,1-2H3. The number of carbonyl (C=O) groups excluding carboxylic acids is 1. The summed E-state index contributed by atoms with van der Waals surface area (Å²) in [5, 5.41) is 0.870. The zero-order valence-electron chi connectivity index (χ0n) is 9.11. The highest BCUT2D eigenvalue weighted by atomic mass is 16.5. The number of aromatic nitrogens is 2. The molecule has 2 aromatic rings. The minimum Gasteiger partial charge on any atom is -0.479 e. The van der Waals surface area contributed by atoms with Gasteiger partial charge in [0.05, 0.1) is 13.7 Å². The topological polar surface area (TPSA) is 64.2 Å². The first-order valence-corrected chi connectivity index (χ1v) is 4.95. The minimum absolute atomic E-state index is 0.351. The minimum atomic E-state index is -0.374. The molecule has 0 aliphatic heterocycles. The molecule has 1 N–H and O–H groups in total. The second-order valence-electron chi connectivity index (χ2n) is 3.19. The molecule has 2 aromatic heterocycles. The van der Waals surface area contributed by atoms with E-state index in [9.17, 15) is 4.79 Å². The molecule has 84 valence electrons. The van der Waals surface area contributed by atoms with Crippen LogP contribution in [0.15, 0.2) is 18.3 Å². The Morgan fingerprint density at radius 1 is 1.56 bits per heavy atom. The highest BCUT2D eigenvalue weighted by molar-refractivity contribution is 5.96. The lowest BCUT2D eigenvalue weighted by atomic mass is 10.3. The Hall–Kier alpha value is -2.04. The van der Waals surface area contributed by atoms with Crippen LogP contribution in [0.1, 0.15) is 17.4 Å². The van der Waals surface area contributed by atoms with E-state index in [0.29, 0.717) is 23.7 Å². The predicted octanol–water partition coefficient (Wildman–Crippen LogP) is 1.75. The Morgan fingerprint density at radius 3 is 3.06 bits per heavy atom. The number of ether oxygens (including phenoxy) is 2. The molecule has 5 heteroatoms. The molecule has 0 bridgehead atoms. The second kappa shape index (κ2) is 4.22. The van der Waals surface area contributed by atoms with Gasteiger partial charge in [-0.25, -0.2) is 9.78 Å². The fraction of sp³-hybridized carbons (Fsp3) is 0.273. The first-order valence-electron chi connectivity index (χ1n) is 4.95. The molecule has 0 atom stereocenters. The number of H-pyrrole nitrogens is 1. The lowest BCUT2D eigenvalue weighted by molar-refractivity contribution is 0.0520. The van der Waals surface area contributed by atoms with Gasteiger partial charge in [0, 0.05) is 11.6 Å². The van der Waals surface area contributed by atoms with Gasteiger partial charge in [-0.05, 0) is 19.1 Å². The third kappa shape index (κ3) is 1.71. The lowest BCUT2D eigenvalue weighted by Gasteiger charge is -1.99. The smallest absolute Gasteiger partial charge is 0.354 e. The van der Waals surface area contributed by atoms with Crippen LogP contribution < -0.4 is 4.74 Å². The third-order valence-corrected chi connectivity index (χ3v) is 2.20. The molecule has 0 aliphatic rings. The zero-order valence-corrected chi connectivity index (χ0v) is 9.11. The van der Waals surface area contributed by atoms with E-state index in [1.54, 1.807) is 25.3 Å². The summed E-state index contributed by atoms with van der Waals surface area (Å²) < 4.78 is 9.99. The normalized spacial score (nSPS) is 10.4. The largest absolute Gasteiger partial charge is 0.479 e. The van der Waals surface area contributed by atoms with Gasteiger partial charge in [-0.1, -0.05) is 0 Å². The van der Waals surface area contributed by atoms with Gasteiger partial charge < -0.3 is 14.5 Å². The van der Waals surface area contributed by atoms with E-state index in [4.69, 9.17) is 9.47 Å². The van der Waals surface area contributed by atoms with Gasteiger partial charge in [-0.15, -0.1) is 0 Å². The summed E-state index contributed by atoms with van der Waals surface area (Å²) in [4.78, 5) is 18.5. The van der Waals surface area contributed by atoms with Crippen molar-refractivity contribution in [1.82, 2.24) is 9.97 Å². The monoisotopic (exact) mass is 220 g/mol. The maximum Gasteiger partial charge on any atom is 0.354 e. The molecule has 0 spiro atoms. The molecule has 2 heterocycles. The van der Waals surface area contributed by atoms with E-state index in [1.807, 2.05) is 0 Å². The number of hydrogen-bond donors (Lipinski definition) is 1. The molecule has 0 amide bonds. The van der Waals surface area contributed by atoms with Crippen LogP contribution in [0.5, 0.6) is 5.88 Å². The lowest BCUT2D eigenvalue weighted by Crippen LogP contribution is -2.04. The molecule has 2 rings (SSSR count). The van der Waals surface area contributed by atoms with Crippen molar-refractivity contribution in [1.29, 1.82) is 0 Å². The molecule has 0 unspecified atom stereocenters. The Balaban J connectivity index is 2.47. The van der Waals surface area contributed by atoms with Crippen molar-refractivity contribution in [3.05, 3.63) is 24.0 Å². The van der Waals surface area contributed by atoms with Crippen molar-refractivity contribution >= 4 is 16.9 Å². The number of rotatable bonds is 3. The average Bonchev–Trinajstić information content (AvgIpc) is 2.72. The van der Waals surface area contributed by atoms with Gasteiger partial charge in [0.25, 0.3) is 0 Å². The Bertz CT molecular complexity index is 519. The number of aromatic amines is 1. The summed E-state index contributed by atoms with van der Waals surface area (Å²) in [6.07, 6.45) is 1.63. The SMILES string of the molecule is CCOC(=O)c1cc2ccnc(OC)c2[nH]1. The number of methoxy groups -OCH3 is 1. The van der Waals surface area contributed by atoms with Gasteiger partial charge >= 0.3 is 5.97 Å². The average molecular weight is 220 g/mol. The molecule has 0 saturated carbocycles. The van der Waals surface area contributed by atoms with Crippen molar-refractivity contribution in [2.24, 2.45) is 0 Å². The summed E-state index contributed by atoms with van der Waals surface area (Å²) in [5.74, 6) is 0.0915. The number of pyridine rings is 1. The Kier molecular flexibility index (Phi) is 2.76. The maximum atomic E-state index is 11.5. The van der Waals surface area contributed by atoms with E-state index in [-0.39, 0.29) is 5.97 Å². The highest BCUT2D eigenvalue weighted by Gasteiger charge is 2.12. The van der Waals surface area contributed by atoms with E-state index in [2.05, 4.69) is 9.97 Å². The molecule has 0 radical (unpaired) electrons. The molecule has 5 nitrogen and oxygen atoms in total. The van der Waals surface area contributed by atoms with E-state index in [1.165, 1.54) is 7.11 Å². The van der Waals surface area contributed by atoms with Crippen LogP contribution in [-0.4, -0.2) is 29.7 Å². The van der Waals surface area contributed by atoms with Crippen molar-refractivity contribution in [3.8, 4) is 5.88 Å². The Morgan fingerprint density at radius 2 is 2.38 bits per heavy atom. The van der Waals surface area contributed by atoms with Crippen LogP contribution in [0.25, 0.3) is 10.9 Å². The van der Waals surface area contributed by atoms with E-state index >= 15 is 0 Å². The summed E-state index contributed by atoms with van der Waals surface area (Å²) in [5.41, 5.74) is 1.11. The summed E-state index contributed by atoms with van der Waals surface area (Å²) >= 11 is 0. The molecule has 0 aliphatic carbocycles. The van der Waals surface area contributed by atoms with Crippen LogP contribution >= 0.6 is 0 Å². The van der Waals surface area contributed by atoms with Crippen LogP contribution in [0, 0.1) is 0 Å². The van der Waals surface area contributed by atoms with Crippen LogP contribution in [-0.2, 0) is 4.74 Å². The van der Waals surface area contributed by atoms with E-state index < -0.39 is 0 Å². The molecule has 0 fully saturated rings. The second-order valence-corrected chi connectivity index (χ2v) is 3.19. The molecule has 16 heavy (non-hydrogen) atoms. The number of carbonyl (C=O) groups is 1. The molecule has 0 saturated heterocycles. The summed E-state index contributed by atoms with van der Waals surface area (Å²) in [6, 6.07) is 3.52. The third-order valence-electron chi connectivity index (χ3n) is 2.20. The number of nitrogens with zero attached hydrogens (tertiary/aromatic N) is 1. The number of fused-ring (bicyclic) bond motifs is 1. The fourth-order valence-corrected chi connectivity index (χ4v) is 1.50. The molecular weight excluding hydrogens is 208 g/mol. The summed E-state index contributed by atoms with van der Waals surface area (Å²) in [7, 11) is 1.53. The number of esters is 1. The van der Waals surface area contributed by atoms with Crippen LogP contribution in [0.2, 0.25) is 0 Å². The van der Waals surface area contributed by atoms with Crippen LogP contribution in [0.4, 0.5) is 0 Å². The molecular formula is C11H12N2O3. The maximum absolute atomic E-state index is 11.5. The van der Waals surface area contributed by atoms with Crippen LogP contribution in [0.3, 0.4) is 0 Å². The highest BCUT2D eigenvalue weighted by Crippen LogP contribution is 2.23. The van der Waals surface area contributed by atoms with E-state index in [0.717, 1.165) is 5.39 Å². The van der Waals surface area contributed by atoms with Gasteiger partial charge in [-0.3, -0.25) is 0 Å². The van der Waals surface area contributed by atoms with Gasteiger partial charge in [0.1, 0.15) is 11.2 Å². The van der Waals surface area contributed by atoms with Gasteiger partial charge in [0.15, 0.2) is 0 Å². The van der Waals surface area contributed by atoms with Gasteiger partial charge in [0.2, 0.25) is 5.88 Å². The quantitative estimate of drug-likeness (QED) is 0.800. The fourth-order valence-electron chi connectivity index (χ4n) is 1.50. The predicted molar refractivity (Wildman–Crippen MR) is 58.6 cm³/mol. The zero-order chi connectivity index (χ0) is 11.5. The van der Waals surface area contributed by atoms with Crippen molar-refractivity contribution in [3.63, 3.8) is 0 Å². The number of nitrogens with one attached hydrogen (secondary N) is 1. The van der Waals surface area contributed by atoms with Crippen molar-refractivity contribution < 1.29 is 14.3 Å². The van der Waals surface area contributed by atoms with Crippen molar-refractivity contribution in [2.75, 3.05) is 13.7 Å².